The molecule has 0 spiro atoms. The first-order chi connectivity index (χ1) is 9.75. The van der Waals surface area contributed by atoms with Gasteiger partial charge in [-0.1, -0.05) is 0 Å². The van der Waals surface area contributed by atoms with E-state index in [1.54, 1.807) is 6.20 Å². The van der Waals surface area contributed by atoms with Gasteiger partial charge in [0.1, 0.15) is 0 Å². The van der Waals surface area contributed by atoms with Crippen LogP contribution in [0.5, 0.6) is 0 Å². The van der Waals surface area contributed by atoms with Crippen LogP contribution in [0.2, 0.25) is 0 Å². The van der Waals surface area contributed by atoms with E-state index in [0.717, 1.165) is 25.4 Å². The van der Waals surface area contributed by atoms with Crippen molar-refractivity contribution in [3.63, 3.8) is 0 Å². The zero-order valence-corrected chi connectivity index (χ0v) is 12.2. The van der Waals surface area contributed by atoms with Crippen molar-refractivity contribution in [1.82, 2.24) is 19.8 Å². The molecule has 0 bridgehead atoms. The normalized spacial score (nSPS) is 19.6. The first-order valence-electron chi connectivity index (χ1n) is 7.77. The Kier molecular flexibility index (Phi) is 3.94. The van der Waals surface area contributed by atoms with Crippen LogP contribution in [-0.2, 0) is 6.54 Å². The lowest BCUT2D eigenvalue weighted by Crippen LogP contribution is -2.47. The van der Waals surface area contributed by atoms with Gasteiger partial charge in [0.2, 0.25) is 0 Å². The molecule has 0 aromatic carbocycles. The number of hydrogen-bond donors (Lipinski definition) is 1. The third kappa shape index (κ3) is 3.32. The van der Waals surface area contributed by atoms with Crippen LogP contribution in [0.1, 0.15) is 39.0 Å². The lowest BCUT2D eigenvalue weighted by atomic mass is 10.2. The Morgan fingerprint density at radius 2 is 2.25 bits per heavy atom. The molecular weight excluding hydrogens is 252 g/mol. The van der Waals surface area contributed by atoms with E-state index in [-0.39, 0.29) is 6.03 Å². The van der Waals surface area contributed by atoms with E-state index in [0.29, 0.717) is 12.1 Å². The van der Waals surface area contributed by atoms with Crippen molar-refractivity contribution in [3.05, 3.63) is 18.7 Å². The van der Waals surface area contributed by atoms with Crippen LogP contribution in [0.15, 0.2) is 18.7 Å². The Hall–Kier alpha value is -1.52. The maximum atomic E-state index is 12.4. The van der Waals surface area contributed by atoms with E-state index in [1.807, 2.05) is 17.1 Å². The van der Waals surface area contributed by atoms with E-state index >= 15 is 0 Å². The molecule has 1 aromatic rings. The number of urea groups is 1. The number of rotatable bonds is 7. The highest BCUT2D eigenvalue weighted by Gasteiger charge is 2.41. The molecule has 2 amide bonds. The molecule has 1 atom stereocenters. The van der Waals surface area contributed by atoms with Crippen LogP contribution < -0.4 is 5.32 Å². The molecular formula is C15H24N4O. The second-order valence-electron chi connectivity index (χ2n) is 6.10. The van der Waals surface area contributed by atoms with E-state index in [9.17, 15) is 4.79 Å². The van der Waals surface area contributed by atoms with Crippen molar-refractivity contribution in [2.75, 3.05) is 6.54 Å². The fourth-order valence-corrected chi connectivity index (χ4v) is 2.81. The molecule has 1 unspecified atom stereocenters. The Balaban J connectivity index is 1.42. The van der Waals surface area contributed by atoms with Gasteiger partial charge in [-0.05, 0) is 44.9 Å². The Morgan fingerprint density at radius 3 is 2.85 bits per heavy atom. The van der Waals surface area contributed by atoms with Gasteiger partial charge in [-0.15, -0.1) is 0 Å². The number of carbonyl (C=O) groups excluding carboxylic acids is 1. The average molecular weight is 276 g/mol. The molecule has 1 aromatic heterocycles. The SMILES string of the molecule is CC(C1CC1)N(C(=O)NCCCn1ccnc1)C1CC1. The highest BCUT2D eigenvalue weighted by atomic mass is 16.2. The summed E-state index contributed by atoms with van der Waals surface area (Å²) in [5, 5.41) is 3.08. The molecule has 0 aliphatic heterocycles. The van der Waals surface area contributed by atoms with Gasteiger partial charge in [0.25, 0.3) is 0 Å². The predicted octanol–water partition coefficient (Wildman–Crippen LogP) is 2.25. The third-order valence-corrected chi connectivity index (χ3v) is 4.35. The molecule has 2 saturated carbocycles. The van der Waals surface area contributed by atoms with Gasteiger partial charge >= 0.3 is 6.03 Å². The van der Waals surface area contributed by atoms with Crippen LogP contribution in [-0.4, -0.2) is 39.1 Å². The molecule has 3 rings (SSSR count). The number of aryl methyl sites for hydroxylation is 1. The highest BCUT2D eigenvalue weighted by Crippen LogP contribution is 2.39. The van der Waals surface area contributed by atoms with E-state index in [2.05, 4.69) is 22.1 Å². The number of amides is 2. The lowest BCUT2D eigenvalue weighted by molar-refractivity contribution is 0.167. The van der Waals surface area contributed by atoms with Gasteiger partial charge in [0, 0.05) is 37.6 Å². The van der Waals surface area contributed by atoms with Crippen molar-refractivity contribution in [3.8, 4) is 0 Å². The summed E-state index contributed by atoms with van der Waals surface area (Å²) in [7, 11) is 0. The summed E-state index contributed by atoms with van der Waals surface area (Å²) < 4.78 is 2.04. The zero-order chi connectivity index (χ0) is 13.9. The zero-order valence-electron chi connectivity index (χ0n) is 12.2. The molecule has 5 heteroatoms. The lowest BCUT2D eigenvalue weighted by Gasteiger charge is -2.29. The van der Waals surface area contributed by atoms with Gasteiger partial charge in [0.05, 0.1) is 6.33 Å². The second kappa shape index (κ2) is 5.85. The topological polar surface area (TPSA) is 50.2 Å². The summed E-state index contributed by atoms with van der Waals surface area (Å²) in [6, 6.07) is 1.05. The monoisotopic (exact) mass is 276 g/mol. The number of carbonyl (C=O) groups is 1. The summed E-state index contributed by atoms with van der Waals surface area (Å²) in [5.41, 5.74) is 0. The van der Waals surface area contributed by atoms with Crippen molar-refractivity contribution in [1.29, 1.82) is 0 Å². The molecule has 0 radical (unpaired) electrons. The summed E-state index contributed by atoms with van der Waals surface area (Å²) >= 11 is 0. The molecule has 2 fully saturated rings. The van der Waals surface area contributed by atoms with Crippen LogP contribution in [0.4, 0.5) is 4.79 Å². The van der Waals surface area contributed by atoms with Crippen molar-refractivity contribution < 1.29 is 4.79 Å². The second-order valence-corrected chi connectivity index (χ2v) is 6.10. The van der Waals surface area contributed by atoms with Crippen molar-refractivity contribution in [2.24, 2.45) is 5.92 Å². The standard InChI is InChI=1S/C15H24N4O/c1-12(13-3-4-13)19(14-5-6-14)15(20)17-7-2-9-18-10-8-16-11-18/h8,10-14H,2-7,9H2,1H3,(H,17,20). The Bertz CT molecular complexity index is 437. The minimum Gasteiger partial charge on any atom is -0.338 e. The summed E-state index contributed by atoms with van der Waals surface area (Å²) in [6.07, 6.45) is 11.4. The van der Waals surface area contributed by atoms with Gasteiger partial charge in [-0.25, -0.2) is 9.78 Å². The number of hydrogen-bond acceptors (Lipinski definition) is 2. The van der Waals surface area contributed by atoms with Crippen LogP contribution in [0, 0.1) is 5.92 Å². The van der Waals surface area contributed by atoms with E-state index in [4.69, 9.17) is 0 Å². The van der Waals surface area contributed by atoms with Crippen LogP contribution >= 0.6 is 0 Å². The maximum absolute atomic E-state index is 12.4. The predicted molar refractivity (Wildman–Crippen MR) is 77.3 cm³/mol. The Labute approximate surface area is 120 Å². The number of nitrogens with one attached hydrogen (secondary N) is 1. The first-order valence-corrected chi connectivity index (χ1v) is 7.77. The average Bonchev–Trinajstić information content (AvgIpc) is 3.35. The fraction of sp³-hybridized carbons (Fsp3) is 0.733. The molecule has 5 nitrogen and oxygen atoms in total. The molecule has 1 N–H and O–H groups in total. The summed E-state index contributed by atoms with van der Waals surface area (Å²) in [4.78, 5) is 18.5. The highest BCUT2D eigenvalue weighted by molar-refractivity contribution is 5.75. The quantitative estimate of drug-likeness (QED) is 0.777. The fourth-order valence-electron chi connectivity index (χ4n) is 2.81. The minimum absolute atomic E-state index is 0.137. The van der Waals surface area contributed by atoms with Crippen molar-refractivity contribution in [2.45, 2.75) is 57.7 Å². The first kappa shape index (κ1) is 13.5. The molecule has 1 heterocycles. The third-order valence-electron chi connectivity index (χ3n) is 4.35. The number of imidazole rings is 1. The summed E-state index contributed by atoms with van der Waals surface area (Å²) in [5.74, 6) is 0.743. The van der Waals surface area contributed by atoms with Gasteiger partial charge in [0.15, 0.2) is 0 Å². The van der Waals surface area contributed by atoms with E-state index in [1.165, 1.54) is 25.7 Å². The molecule has 110 valence electrons. The minimum atomic E-state index is 0.137. The van der Waals surface area contributed by atoms with Gasteiger partial charge in [-0.3, -0.25) is 0 Å². The maximum Gasteiger partial charge on any atom is 0.317 e. The van der Waals surface area contributed by atoms with Crippen LogP contribution in [0.25, 0.3) is 0 Å². The molecule has 20 heavy (non-hydrogen) atoms. The van der Waals surface area contributed by atoms with Crippen LogP contribution in [0.3, 0.4) is 0 Å². The molecule has 0 saturated heterocycles. The Morgan fingerprint density at radius 1 is 1.45 bits per heavy atom. The summed E-state index contributed by atoms with van der Waals surface area (Å²) in [6.45, 7) is 3.85. The largest absolute Gasteiger partial charge is 0.338 e. The van der Waals surface area contributed by atoms with Crippen molar-refractivity contribution >= 4 is 6.03 Å². The smallest absolute Gasteiger partial charge is 0.317 e. The number of nitrogens with zero attached hydrogens (tertiary/aromatic N) is 3. The van der Waals surface area contributed by atoms with Gasteiger partial charge < -0.3 is 14.8 Å². The molecule has 2 aliphatic carbocycles. The molecule has 2 aliphatic rings. The number of aromatic nitrogens is 2. The van der Waals surface area contributed by atoms with Gasteiger partial charge in [-0.2, -0.15) is 0 Å². The van der Waals surface area contributed by atoms with E-state index < -0.39 is 0 Å².